The number of nitrogens with two attached hydrogens (primary N) is 1. The maximum atomic E-state index is 8.97. The Kier molecular flexibility index (Phi) is 4.43. The molecule has 3 nitrogen and oxygen atoms in total. The van der Waals surface area contributed by atoms with Crippen LogP contribution in [0.5, 0.6) is 11.5 Å². The minimum absolute atomic E-state index is 0.137. The lowest BCUT2D eigenvalue weighted by atomic mass is 10.1. The fraction of sp³-hybridized carbons (Fsp3) is 0.188. The van der Waals surface area contributed by atoms with Gasteiger partial charge in [0, 0.05) is 16.1 Å². The second-order valence-electron chi connectivity index (χ2n) is 4.66. The number of hydrogen-bond donors (Lipinski definition) is 1. The molecule has 0 saturated carbocycles. The molecule has 102 valence electrons. The maximum Gasteiger partial charge on any atom is 0.132 e. The quantitative estimate of drug-likeness (QED) is 0.904. The zero-order valence-corrected chi connectivity index (χ0v) is 12.9. The van der Waals surface area contributed by atoms with Gasteiger partial charge in [0.15, 0.2) is 0 Å². The minimum atomic E-state index is -0.137. The van der Waals surface area contributed by atoms with Gasteiger partial charge in [-0.15, -0.1) is 0 Å². The molecule has 0 aliphatic heterocycles. The summed E-state index contributed by atoms with van der Waals surface area (Å²) in [7, 11) is 0. The van der Waals surface area contributed by atoms with E-state index in [2.05, 4.69) is 22.0 Å². The number of nitriles is 1. The van der Waals surface area contributed by atoms with Gasteiger partial charge in [0.25, 0.3) is 0 Å². The lowest BCUT2D eigenvalue weighted by molar-refractivity contribution is 0.468. The summed E-state index contributed by atoms with van der Waals surface area (Å²) in [5.74, 6) is 1.38. The molecule has 0 radical (unpaired) electrons. The van der Waals surface area contributed by atoms with Gasteiger partial charge in [-0.2, -0.15) is 5.26 Å². The highest BCUT2D eigenvalue weighted by Crippen LogP contribution is 2.33. The van der Waals surface area contributed by atoms with Crippen LogP contribution in [0.25, 0.3) is 0 Å². The first-order chi connectivity index (χ1) is 9.51. The van der Waals surface area contributed by atoms with E-state index < -0.39 is 0 Å². The van der Waals surface area contributed by atoms with Gasteiger partial charge < -0.3 is 10.5 Å². The predicted molar refractivity (Wildman–Crippen MR) is 82.7 cm³/mol. The summed E-state index contributed by atoms with van der Waals surface area (Å²) in [4.78, 5) is 0. The van der Waals surface area contributed by atoms with Gasteiger partial charge in [0.1, 0.15) is 11.5 Å². The van der Waals surface area contributed by atoms with Crippen LogP contribution in [-0.2, 0) is 0 Å². The van der Waals surface area contributed by atoms with Crippen molar-refractivity contribution in [3.05, 3.63) is 57.6 Å². The highest BCUT2D eigenvalue weighted by atomic mass is 79.9. The van der Waals surface area contributed by atoms with Gasteiger partial charge in [0.2, 0.25) is 0 Å². The van der Waals surface area contributed by atoms with Crippen molar-refractivity contribution >= 4 is 15.9 Å². The Morgan fingerprint density at radius 2 is 1.95 bits per heavy atom. The highest BCUT2D eigenvalue weighted by molar-refractivity contribution is 9.10. The van der Waals surface area contributed by atoms with Crippen molar-refractivity contribution in [1.82, 2.24) is 0 Å². The lowest BCUT2D eigenvalue weighted by Gasteiger charge is -2.15. The van der Waals surface area contributed by atoms with Gasteiger partial charge in [-0.05, 0) is 49.7 Å². The molecule has 1 atom stereocenters. The van der Waals surface area contributed by atoms with E-state index in [0.717, 1.165) is 15.6 Å². The number of hydrogen-bond acceptors (Lipinski definition) is 3. The molecule has 0 saturated heterocycles. The summed E-state index contributed by atoms with van der Waals surface area (Å²) < 4.78 is 6.91. The van der Waals surface area contributed by atoms with Gasteiger partial charge >= 0.3 is 0 Å². The van der Waals surface area contributed by atoms with Crippen molar-refractivity contribution in [3.63, 3.8) is 0 Å². The van der Waals surface area contributed by atoms with E-state index in [-0.39, 0.29) is 6.04 Å². The molecule has 0 aromatic heterocycles. The number of benzene rings is 2. The third kappa shape index (κ3) is 3.19. The van der Waals surface area contributed by atoms with Crippen LogP contribution in [0.3, 0.4) is 0 Å². The minimum Gasteiger partial charge on any atom is -0.457 e. The van der Waals surface area contributed by atoms with Crippen molar-refractivity contribution in [2.75, 3.05) is 0 Å². The number of rotatable bonds is 3. The second-order valence-corrected chi connectivity index (χ2v) is 5.58. The molecule has 0 aliphatic carbocycles. The lowest BCUT2D eigenvalue weighted by Crippen LogP contribution is -2.07. The molecule has 2 rings (SSSR count). The third-order valence-electron chi connectivity index (χ3n) is 3.00. The van der Waals surface area contributed by atoms with Gasteiger partial charge in [-0.3, -0.25) is 0 Å². The first kappa shape index (κ1) is 14.6. The van der Waals surface area contributed by atoms with Crippen LogP contribution in [0, 0.1) is 18.3 Å². The average Bonchev–Trinajstić information content (AvgIpc) is 2.42. The van der Waals surface area contributed by atoms with Crippen LogP contribution in [0.2, 0.25) is 0 Å². The average molecular weight is 331 g/mol. The Hall–Kier alpha value is -1.83. The second kappa shape index (κ2) is 6.08. The smallest absolute Gasteiger partial charge is 0.132 e. The summed E-state index contributed by atoms with van der Waals surface area (Å²) in [5, 5.41) is 8.97. The summed E-state index contributed by atoms with van der Waals surface area (Å²) in [6, 6.07) is 13.1. The molecule has 0 heterocycles. The largest absolute Gasteiger partial charge is 0.457 e. The molecule has 0 fully saturated rings. The van der Waals surface area contributed by atoms with Crippen molar-refractivity contribution in [1.29, 1.82) is 5.26 Å². The Bertz CT molecular complexity index is 675. The Balaban J connectivity index is 2.42. The summed E-state index contributed by atoms with van der Waals surface area (Å²) in [6.07, 6.45) is 0. The van der Waals surface area contributed by atoms with Crippen molar-refractivity contribution in [2.45, 2.75) is 19.9 Å². The van der Waals surface area contributed by atoms with E-state index >= 15 is 0 Å². The summed E-state index contributed by atoms with van der Waals surface area (Å²) in [5.41, 5.74) is 8.44. The predicted octanol–water partition coefficient (Wildman–Crippen LogP) is 4.44. The molecule has 1 unspecified atom stereocenters. The topological polar surface area (TPSA) is 59.0 Å². The zero-order valence-electron chi connectivity index (χ0n) is 11.4. The standard InChI is InChI=1S/C16H15BrN2O/c1-10-3-4-12(9-18)7-16(10)20-15-6-5-13(17)8-14(15)11(2)19/h3-8,11H,19H2,1-2H3. The van der Waals surface area contributed by atoms with Gasteiger partial charge in [-0.25, -0.2) is 0 Å². The Morgan fingerprint density at radius 3 is 2.60 bits per heavy atom. The van der Waals surface area contributed by atoms with Crippen LogP contribution in [0.4, 0.5) is 0 Å². The van der Waals surface area contributed by atoms with Crippen LogP contribution in [0.15, 0.2) is 40.9 Å². The monoisotopic (exact) mass is 330 g/mol. The molecule has 4 heteroatoms. The van der Waals surface area contributed by atoms with Crippen molar-refractivity contribution < 1.29 is 4.74 Å². The molecule has 0 amide bonds. The van der Waals surface area contributed by atoms with E-state index in [0.29, 0.717) is 17.1 Å². The summed E-state index contributed by atoms with van der Waals surface area (Å²) >= 11 is 3.43. The van der Waals surface area contributed by atoms with E-state index in [1.807, 2.05) is 38.1 Å². The van der Waals surface area contributed by atoms with Crippen molar-refractivity contribution in [2.24, 2.45) is 5.73 Å². The maximum absolute atomic E-state index is 8.97. The highest BCUT2D eigenvalue weighted by Gasteiger charge is 2.11. The van der Waals surface area contributed by atoms with Crippen LogP contribution >= 0.6 is 15.9 Å². The van der Waals surface area contributed by atoms with Crippen LogP contribution < -0.4 is 10.5 Å². The summed E-state index contributed by atoms with van der Waals surface area (Å²) in [6.45, 7) is 3.86. The molecule has 2 aromatic carbocycles. The van der Waals surface area contributed by atoms with E-state index in [4.69, 9.17) is 15.7 Å². The molecular formula is C16H15BrN2O. The Morgan fingerprint density at radius 1 is 1.20 bits per heavy atom. The first-order valence-corrected chi connectivity index (χ1v) is 7.04. The van der Waals surface area contributed by atoms with Crippen LogP contribution in [0.1, 0.15) is 29.7 Å². The number of halogens is 1. The van der Waals surface area contributed by atoms with E-state index in [9.17, 15) is 0 Å². The third-order valence-corrected chi connectivity index (χ3v) is 3.49. The van der Waals surface area contributed by atoms with Gasteiger partial charge in [-0.1, -0.05) is 22.0 Å². The number of nitrogens with zero attached hydrogens (tertiary/aromatic N) is 1. The molecule has 0 aliphatic rings. The van der Waals surface area contributed by atoms with E-state index in [1.54, 1.807) is 12.1 Å². The fourth-order valence-electron chi connectivity index (χ4n) is 1.87. The Labute approximate surface area is 127 Å². The fourth-order valence-corrected chi connectivity index (χ4v) is 2.24. The molecule has 20 heavy (non-hydrogen) atoms. The molecular weight excluding hydrogens is 316 g/mol. The SMILES string of the molecule is Cc1ccc(C#N)cc1Oc1ccc(Br)cc1C(C)N. The van der Waals surface area contributed by atoms with E-state index in [1.165, 1.54) is 0 Å². The first-order valence-electron chi connectivity index (χ1n) is 6.25. The zero-order chi connectivity index (χ0) is 14.7. The number of ether oxygens (including phenoxy) is 1. The van der Waals surface area contributed by atoms with Gasteiger partial charge in [0.05, 0.1) is 11.6 Å². The number of aryl methyl sites for hydroxylation is 1. The normalized spacial score (nSPS) is 11.8. The molecule has 2 aromatic rings. The molecule has 0 spiro atoms. The molecule has 2 N–H and O–H groups in total. The van der Waals surface area contributed by atoms with Crippen molar-refractivity contribution in [3.8, 4) is 17.6 Å². The van der Waals surface area contributed by atoms with Crippen LogP contribution in [-0.4, -0.2) is 0 Å². The molecule has 0 bridgehead atoms.